The SMILES string of the molecule is C[Si](C)(C)CCCCC(NI)(c1ccccc1)c1cccnc1. The Labute approximate surface area is 155 Å². The van der Waals surface area contributed by atoms with Crippen LogP contribution in [0, 0.1) is 0 Å². The molecule has 0 saturated heterocycles. The van der Waals surface area contributed by atoms with E-state index in [1.165, 1.54) is 30.0 Å². The molecule has 0 spiro atoms. The van der Waals surface area contributed by atoms with Crippen LogP contribution in [0.15, 0.2) is 54.9 Å². The summed E-state index contributed by atoms with van der Waals surface area (Å²) in [7, 11) is -0.957. The van der Waals surface area contributed by atoms with Crippen molar-refractivity contribution in [2.24, 2.45) is 0 Å². The number of hydrogen-bond donors (Lipinski definition) is 1. The number of hydrogen-bond acceptors (Lipinski definition) is 2. The Morgan fingerprint density at radius 3 is 2.26 bits per heavy atom. The van der Waals surface area contributed by atoms with Crippen molar-refractivity contribution in [3.63, 3.8) is 0 Å². The summed E-state index contributed by atoms with van der Waals surface area (Å²) in [6.07, 6.45) is 7.47. The first-order valence-corrected chi connectivity index (χ1v) is 13.1. The van der Waals surface area contributed by atoms with Gasteiger partial charge in [0.15, 0.2) is 0 Å². The van der Waals surface area contributed by atoms with Crippen LogP contribution in [0.1, 0.15) is 30.4 Å². The number of benzene rings is 1. The molecule has 1 unspecified atom stereocenters. The summed E-state index contributed by atoms with van der Waals surface area (Å²) in [5.41, 5.74) is 2.40. The maximum atomic E-state index is 4.36. The fourth-order valence-electron chi connectivity index (χ4n) is 3.00. The molecule has 0 saturated carbocycles. The molecule has 1 atom stereocenters. The van der Waals surface area contributed by atoms with Crippen LogP contribution in [0.25, 0.3) is 0 Å². The minimum absolute atomic E-state index is 0.157. The van der Waals surface area contributed by atoms with Crippen molar-refractivity contribution in [1.82, 2.24) is 8.51 Å². The van der Waals surface area contributed by atoms with Crippen molar-refractivity contribution < 1.29 is 0 Å². The number of nitrogens with zero attached hydrogens (tertiary/aromatic N) is 1. The highest BCUT2D eigenvalue weighted by Crippen LogP contribution is 2.35. The van der Waals surface area contributed by atoms with Crippen LogP contribution in [-0.2, 0) is 5.54 Å². The molecule has 23 heavy (non-hydrogen) atoms. The molecule has 4 heteroatoms. The zero-order valence-corrected chi connectivity index (χ0v) is 17.5. The predicted octanol–water partition coefficient (Wildman–Crippen LogP) is 5.77. The Morgan fingerprint density at radius 1 is 1.00 bits per heavy atom. The maximum absolute atomic E-state index is 4.36. The molecular weight excluding hydrogens is 411 g/mol. The zero-order valence-electron chi connectivity index (χ0n) is 14.3. The standard InChI is InChI=1S/C19H27IN2Si/c1-23(2,3)15-8-7-13-19(22-20,17-10-5-4-6-11-17)18-12-9-14-21-16-18/h4-6,9-12,14,16,22H,7-8,13,15H2,1-3H3. The molecule has 0 bridgehead atoms. The van der Waals surface area contributed by atoms with E-state index in [2.05, 4.69) is 87.4 Å². The molecule has 1 heterocycles. The molecule has 124 valence electrons. The molecule has 1 N–H and O–H groups in total. The lowest BCUT2D eigenvalue weighted by Crippen LogP contribution is -2.38. The molecule has 0 aliphatic rings. The topological polar surface area (TPSA) is 24.9 Å². The average molecular weight is 438 g/mol. The van der Waals surface area contributed by atoms with E-state index in [0.717, 1.165) is 6.42 Å². The van der Waals surface area contributed by atoms with E-state index in [9.17, 15) is 0 Å². The lowest BCUT2D eigenvalue weighted by molar-refractivity contribution is 0.447. The molecule has 0 aliphatic carbocycles. The van der Waals surface area contributed by atoms with Crippen LogP contribution >= 0.6 is 22.9 Å². The van der Waals surface area contributed by atoms with Crippen LogP contribution in [0.4, 0.5) is 0 Å². The van der Waals surface area contributed by atoms with Crippen molar-refractivity contribution in [2.75, 3.05) is 0 Å². The smallest absolute Gasteiger partial charge is 0.0790 e. The van der Waals surface area contributed by atoms with Gasteiger partial charge in [0.25, 0.3) is 0 Å². The molecule has 1 aromatic heterocycles. The van der Waals surface area contributed by atoms with E-state index in [1.54, 1.807) is 0 Å². The number of unbranched alkanes of at least 4 members (excludes halogenated alkanes) is 1. The first kappa shape index (κ1) is 18.6. The van der Waals surface area contributed by atoms with E-state index in [0.29, 0.717) is 0 Å². The maximum Gasteiger partial charge on any atom is 0.0790 e. The monoisotopic (exact) mass is 438 g/mol. The third kappa shape index (κ3) is 5.13. The van der Waals surface area contributed by atoms with Crippen molar-refractivity contribution in [2.45, 2.75) is 50.5 Å². The number of aromatic nitrogens is 1. The fraction of sp³-hybridized carbons (Fsp3) is 0.421. The molecule has 0 aliphatic heterocycles. The minimum Gasteiger partial charge on any atom is -0.264 e. The number of halogens is 1. The van der Waals surface area contributed by atoms with Crippen LogP contribution < -0.4 is 3.53 Å². The van der Waals surface area contributed by atoms with Crippen LogP contribution in [0.5, 0.6) is 0 Å². The van der Waals surface area contributed by atoms with Gasteiger partial charge in [-0.25, -0.2) is 3.53 Å². The summed E-state index contributed by atoms with van der Waals surface area (Å²) in [5.74, 6) is 0. The van der Waals surface area contributed by atoms with Gasteiger partial charge in [-0.1, -0.05) is 74.9 Å². The second kappa shape index (κ2) is 8.40. The van der Waals surface area contributed by atoms with Gasteiger partial charge in [-0.2, -0.15) is 0 Å². The first-order valence-electron chi connectivity index (χ1n) is 8.32. The quantitative estimate of drug-likeness (QED) is 0.245. The van der Waals surface area contributed by atoms with E-state index in [1.807, 2.05) is 18.5 Å². The highest BCUT2D eigenvalue weighted by molar-refractivity contribution is 14.1. The highest BCUT2D eigenvalue weighted by Gasteiger charge is 2.33. The number of pyridine rings is 1. The molecule has 2 rings (SSSR count). The minimum atomic E-state index is -0.957. The largest absolute Gasteiger partial charge is 0.264 e. The van der Waals surface area contributed by atoms with Crippen LogP contribution in [0.3, 0.4) is 0 Å². The van der Waals surface area contributed by atoms with Gasteiger partial charge < -0.3 is 0 Å². The van der Waals surface area contributed by atoms with Gasteiger partial charge in [0.2, 0.25) is 0 Å². The molecule has 0 amide bonds. The summed E-state index contributed by atoms with van der Waals surface area (Å²) in [5, 5.41) is 0. The zero-order chi connectivity index (χ0) is 16.8. The summed E-state index contributed by atoms with van der Waals surface area (Å²) in [6, 6.07) is 16.4. The van der Waals surface area contributed by atoms with E-state index in [4.69, 9.17) is 0 Å². The molecule has 0 radical (unpaired) electrons. The van der Waals surface area contributed by atoms with Crippen molar-refractivity contribution in [3.05, 3.63) is 66.0 Å². The number of rotatable bonds is 8. The molecule has 0 fully saturated rings. The summed E-state index contributed by atoms with van der Waals surface area (Å²) < 4.78 is 3.59. The predicted molar refractivity (Wildman–Crippen MR) is 111 cm³/mol. The van der Waals surface area contributed by atoms with Crippen molar-refractivity contribution in [1.29, 1.82) is 0 Å². The van der Waals surface area contributed by atoms with Gasteiger partial charge in [0.05, 0.1) is 5.54 Å². The van der Waals surface area contributed by atoms with Crippen molar-refractivity contribution in [3.8, 4) is 0 Å². The van der Waals surface area contributed by atoms with E-state index < -0.39 is 8.07 Å². The van der Waals surface area contributed by atoms with Gasteiger partial charge in [-0.15, -0.1) is 0 Å². The highest BCUT2D eigenvalue weighted by atomic mass is 127. The first-order chi connectivity index (χ1) is 11.0. The Kier molecular flexibility index (Phi) is 6.80. The number of nitrogens with one attached hydrogen (secondary N) is 1. The van der Waals surface area contributed by atoms with Gasteiger partial charge in [-0.05, 0) is 23.6 Å². The third-order valence-electron chi connectivity index (χ3n) is 4.31. The molecule has 1 aromatic carbocycles. The van der Waals surface area contributed by atoms with Gasteiger partial charge in [0, 0.05) is 43.3 Å². The Morgan fingerprint density at radius 2 is 1.70 bits per heavy atom. The normalized spacial score (nSPS) is 14.4. The second-order valence-corrected chi connectivity index (χ2v) is 13.5. The van der Waals surface area contributed by atoms with Crippen LogP contribution in [-0.4, -0.2) is 13.1 Å². The lowest BCUT2D eigenvalue weighted by Gasteiger charge is -2.34. The van der Waals surface area contributed by atoms with Gasteiger partial charge in [-0.3, -0.25) is 4.98 Å². The molecular formula is C19H27IN2Si. The summed E-state index contributed by atoms with van der Waals surface area (Å²) >= 11 is 2.31. The molecule has 2 nitrogen and oxygen atoms in total. The summed E-state index contributed by atoms with van der Waals surface area (Å²) in [6.45, 7) is 7.36. The van der Waals surface area contributed by atoms with Gasteiger partial charge >= 0.3 is 0 Å². The van der Waals surface area contributed by atoms with E-state index >= 15 is 0 Å². The summed E-state index contributed by atoms with van der Waals surface area (Å²) in [4.78, 5) is 4.36. The van der Waals surface area contributed by atoms with Crippen molar-refractivity contribution >= 4 is 30.9 Å². The Hall–Kier alpha value is -0.723. The average Bonchev–Trinajstić information content (AvgIpc) is 2.56. The Balaban J connectivity index is 2.25. The van der Waals surface area contributed by atoms with E-state index in [-0.39, 0.29) is 5.54 Å². The van der Waals surface area contributed by atoms with Gasteiger partial charge in [0.1, 0.15) is 0 Å². The Bertz CT molecular complexity index is 542. The lowest BCUT2D eigenvalue weighted by atomic mass is 9.80. The third-order valence-corrected chi connectivity index (χ3v) is 7.09. The molecule has 2 aromatic rings. The fourth-order valence-corrected chi connectivity index (χ4v) is 5.20. The van der Waals surface area contributed by atoms with Crippen LogP contribution in [0.2, 0.25) is 25.7 Å². The second-order valence-electron chi connectivity index (χ2n) is 7.38.